The predicted molar refractivity (Wildman–Crippen MR) is 87.1 cm³/mol. The molecule has 2 rings (SSSR count). The van der Waals surface area contributed by atoms with E-state index in [0.717, 1.165) is 27.8 Å². The minimum absolute atomic E-state index is 0.483. The summed E-state index contributed by atoms with van der Waals surface area (Å²) < 4.78 is 11.2. The summed E-state index contributed by atoms with van der Waals surface area (Å²) >= 11 is 5.85. The molecule has 0 amide bonds. The fraction of sp³-hybridized carbons (Fsp3) is 0.400. The smallest absolute Gasteiger partial charge is 0.161 e. The van der Waals surface area contributed by atoms with E-state index in [-0.39, 0.29) is 0 Å². The van der Waals surface area contributed by atoms with Gasteiger partial charge in [-0.2, -0.15) is 12.6 Å². The molecule has 20 heavy (non-hydrogen) atoms. The highest BCUT2D eigenvalue weighted by atomic mass is 32.1. The molecule has 0 bridgehead atoms. The van der Waals surface area contributed by atoms with Gasteiger partial charge in [0, 0.05) is 16.7 Å². The number of benzene rings is 1. The zero-order chi connectivity index (χ0) is 14.5. The van der Waals surface area contributed by atoms with Crippen LogP contribution in [-0.2, 0) is 5.75 Å². The van der Waals surface area contributed by atoms with Crippen molar-refractivity contribution in [1.29, 1.82) is 0 Å². The fourth-order valence-corrected chi connectivity index (χ4v) is 2.79. The molecule has 0 fully saturated rings. The van der Waals surface area contributed by atoms with E-state index in [1.165, 1.54) is 0 Å². The maximum atomic E-state index is 5.75. The summed E-state index contributed by atoms with van der Waals surface area (Å²) in [6.45, 7) is 4.92. The molecule has 0 unspecified atom stereocenters. The van der Waals surface area contributed by atoms with Gasteiger partial charge in [0.2, 0.25) is 0 Å². The van der Waals surface area contributed by atoms with Crippen LogP contribution < -0.4 is 9.47 Å². The average Bonchev–Trinajstić information content (AvgIpc) is 2.93. The Bertz CT molecular complexity index is 567. The minimum Gasteiger partial charge on any atom is -0.493 e. The second-order valence-electron chi connectivity index (χ2n) is 4.87. The zero-order valence-electron chi connectivity index (χ0n) is 11.9. The van der Waals surface area contributed by atoms with Crippen LogP contribution >= 0.6 is 24.0 Å². The van der Waals surface area contributed by atoms with Gasteiger partial charge in [-0.3, -0.25) is 0 Å². The van der Waals surface area contributed by atoms with Crippen molar-refractivity contribution in [2.75, 3.05) is 13.7 Å². The van der Waals surface area contributed by atoms with Crippen LogP contribution in [0.3, 0.4) is 0 Å². The van der Waals surface area contributed by atoms with Crippen molar-refractivity contribution >= 4 is 24.0 Å². The number of thiol groups is 1. The number of methoxy groups -OCH3 is 1. The quantitative estimate of drug-likeness (QED) is 0.808. The van der Waals surface area contributed by atoms with Crippen LogP contribution in [0.5, 0.6) is 11.5 Å². The third kappa shape index (κ3) is 3.67. The van der Waals surface area contributed by atoms with E-state index >= 15 is 0 Å². The Balaban J connectivity index is 2.24. The lowest BCUT2D eigenvalue weighted by Crippen LogP contribution is -2.05. The summed E-state index contributed by atoms with van der Waals surface area (Å²) in [7, 11) is 1.66. The summed E-state index contributed by atoms with van der Waals surface area (Å²) in [6.07, 6.45) is 0. The Morgan fingerprint density at radius 2 is 2.10 bits per heavy atom. The monoisotopic (exact) mass is 309 g/mol. The Morgan fingerprint density at radius 1 is 1.30 bits per heavy atom. The van der Waals surface area contributed by atoms with E-state index in [1.54, 1.807) is 18.4 Å². The molecule has 108 valence electrons. The molecule has 0 atom stereocenters. The minimum atomic E-state index is 0.483. The van der Waals surface area contributed by atoms with E-state index < -0.39 is 0 Å². The van der Waals surface area contributed by atoms with Crippen molar-refractivity contribution in [2.24, 2.45) is 5.92 Å². The highest BCUT2D eigenvalue weighted by Gasteiger charge is 2.10. The van der Waals surface area contributed by atoms with Crippen LogP contribution in [0, 0.1) is 5.92 Å². The van der Waals surface area contributed by atoms with Gasteiger partial charge in [0.15, 0.2) is 11.5 Å². The molecular weight excluding hydrogens is 290 g/mol. The summed E-state index contributed by atoms with van der Waals surface area (Å²) in [6, 6.07) is 5.93. The molecule has 0 saturated carbocycles. The van der Waals surface area contributed by atoms with Crippen molar-refractivity contribution < 1.29 is 9.47 Å². The lowest BCUT2D eigenvalue weighted by Gasteiger charge is -2.13. The summed E-state index contributed by atoms with van der Waals surface area (Å²) in [4.78, 5) is 4.52. The maximum absolute atomic E-state index is 5.75. The Hall–Kier alpha value is -1.20. The van der Waals surface area contributed by atoms with Gasteiger partial charge in [-0.1, -0.05) is 13.8 Å². The number of ether oxygens (including phenoxy) is 2. The van der Waals surface area contributed by atoms with Gasteiger partial charge >= 0.3 is 0 Å². The molecular formula is C15H19NO2S2. The van der Waals surface area contributed by atoms with Crippen LogP contribution in [0.2, 0.25) is 0 Å². The molecule has 2 aromatic rings. The number of nitrogens with zero attached hydrogens (tertiary/aromatic N) is 1. The van der Waals surface area contributed by atoms with E-state index in [4.69, 9.17) is 9.47 Å². The number of thiazole rings is 1. The van der Waals surface area contributed by atoms with E-state index in [9.17, 15) is 0 Å². The molecule has 0 aliphatic heterocycles. The van der Waals surface area contributed by atoms with Gasteiger partial charge in [-0.15, -0.1) is 11.3 Å². The van der Waals surface area contributed by atoms with Crippen molar-refractivity contribution in [2.45, 2.75) is 19.6 Å². The standard InChI is InChI=1S/C15H19NO2S2/c1-10(2)7-18-13-5-4-11(6-14(13)17-3)15-16-12(8-19)9-20-15/h4-6,9-10,19H,7-8H2,1-3H3. The van der Waals surface area contributed by atoms with Gasteiger partial charge in [0.25, 0.3) is 0 Å². The maximum Gasteiger partial charge on any atom is 0.161 e. The predicted octanol–water partition coefficient (Wildman–Crippen LogP) is 4.28. The zero-order valence-corrected chi connectivity index (χ0v) is 13.6. The molecule has 1 aromatic heterocycles. The SMILES string of the molecule is COc1cc(-c2nc(CS)cs2)ccc1OCC(C)C. The molecule has 0 spiro atoms. The molecule has 0 saturated heterocycles. The third-order valence-corrected chi connectivity index (χ3v) is 3.96. The molecule has 0 aliphatic rings. The van der Waals surface area contributed by atoms with Crippen LogP contribution in [0.25, 0.3) is 10.6 Å². The molecule has 1 heterocycles. The Labute approximate surface area is 129 Å². The molecule has 0 N–H and O–H groups in total. The second kappa shape index (κ2) is 6.99. The van der Waals surface area contributed by atoms with Gasteiger partial charge in [-0.05, 0) is 24.1 Å². The third-order valence-electron chi connectivity index (χ3n) is 2.70. The van der Waals surface area contributed by atoms with E-state index in [1.807, 2.05) is 23.6 Å². The summed E-state index contributed by atoms with van der Waals surface area (Å²) in [5.41, 5.74) is 2.03. The number of hydrogen-bond donors (Lipinski definition) is 1. The Kier molecular flexibility index (Phi) is 5.31. The van der Waals surface area contributed by atoms with Crippen LogP contribution in [0.4, 0.5) is 0 Å². The van der Waals surface area contributed by atoms with E-state index in [0.29, 0.717) is 18.3 Å². The first-order valence-electron chi connectivity index (χ1n) is 6.50. The molecule has 5 heteroatoms. The van der Waals surface area contributed by atoms with Crippen LogP contribution in [0.15, 0.2) is 23.6 Å². The van der Waals surface area contributed by atoms with E-state index in [2.05, 4.69) is 31.5 Å². The van der Waals surface area contributed by atoms with Gasteiger partial charge in [-0.25, -0.2) is 4.98 Å². The normalized spacial score (nSPS) is 10.8. The summed E-state index contributed by atoms with van der Waals surface area (Å²) in [5.74, 6) is 2.65. The van der Waals surface area contributed by atoms with Crippen molar-refractivity contribution in [3.63, 3.8) is 0 Å². The van der Waals surface area contributed by atoms with Gasteiger partial charge in [0.05, 0.1) is 19.4 Å². The molecule has 1 aromatic carbocycles. The summed E-state index contributed by atoms with van der Waals surface area (Å²) in [5, 5.41) is 3.00. The Morgan fingerprint density at radius 3 is 2.70 bits per heavy atom. The van der Waals surface area contributed by atoms with Crippen LogP contribution in [0.1, 0.15) is 19.5 Å². The highest BCUT2D eigenvalue weighted by Crippen LogP contribution is 2.34. The number of aromatic nitrogens is 1. The lowest BCUT2D eigenvalue weighted by atomic mass is 10.2. The number of hydrogen-bond acceptors (Lipinski definition) is 5. The topological polar surface area (TPSA) is 31.4 Å². The molecule has 0 radical (unpaired) electrons. The molecule has 3 nitrogen and oxygen atoms in total. The second-order valence-corrected chi connectivity index (χ2v) is 6.05. The van der Waals surface area contributed by atoms with Crippen molar-refractivity contribution in [3.8, 4) is 22.1 Å². The van der Waals surface area contributed by atoms with Crippen LogP contribution in [-0.4, -0.2) is 18.7 Å². The first-order valence-corrected chi connectivity index (χ1v) is 8.01. The molecule has 0 aliphatic carbocycles. The first-order chi connectivity index (χ1) is 9.63. The largest absolute Gasteiger partial charge is 0.493 e. The van der Waals surface area contributed by atoms with Gasteiger partial charge < -0.3 is 9.47 Å². The van der Waals surface area contributed by atoms with Gasteiger partial charge in [0.1, 0.15) is 5.01 Å². The first kappa shape index (κ1) is 15.2. The number of rotatable bonds is 6. The lowest BCUT2D eigenvalue weighted by molar-refractivity contribution is 0.257. The average molecular weight is 309 g/mol. The van der Waals surface area contributed by atoms with Crippen molar-refractivity contribution in [3.05, 3.63) is 29.3 Å². The highest BCUT2D eigenvalue weighted by molar-refractivity contribution is 7.79. The fourth-order valence-electron chi connectivity index (χ4n) is 1.69. The van der Waals surface area contributed by atoms with Crippen molar-refractivity contribution in [1.82, 2.24) is 4.98 Å².